The minimum absolute atomic E-state index is 0.0898. The number of hydrogen-bond acceptors (Lipinski definition) is 4. The largest absolute Gasteiger partial charge is 0.352 e. The summed E-state index contributed by atoms with van der Waals surface area (Å²) >= 11 is 12.5. The zero-order valence-electron chi connectivity index (χ0n) is 22.4. The van der Waals surface area contributed by atoms with Gasteiger partial charge in [0, 0.05) is 41.6 Å². The molecule has 0 aliphatic carbocycles. The molecule has 1 aromatic carbocycles. The fourth-order valence-corrected chi connectivity index (χ4v) is 5.19. The highest BCUT2D eigenvalue weighted by atomic mass is 35.5. The summed E-state index contributed by atoms with van der Waals surface area (Å²) in [4.78, 5) is 27.7. The summed E-state index contributed by atoms with van der Waals surface area (Å²) in [5.74, 6) is 1.27. The molecule has 3 aromatic rings. The first-order valence-electron chi connectivity index (χ1n) is 13.3. The van der Waals surface area contributed by atoms with Crippen LogP contribution in [0.4, 0.5) is 0 Å². The highest BCUT2D eigenvalue weighted by Crippen LogP contribution is 2.36. The van der Waals surface area contributed by atoms with Gasteiger partial charge in [0.15, 0.2) is 0 Å². The van der Waals surface area contributed by atoms with Gasteiger partial charge in [0.2, 0.25) is 0 Å². The van der Waals surface area contributed by atoms with Crippen molar-refractivity contribution in [3.63, 3.8) is 0 Å². The van der Waals surface area contributed by atoms with Crippen molar-refractivity contribution >= 4 is 29.1 Å². The first kappa shape index (κ1) is 28.8. The topological polar surface area (TPSA) is 73.9 Å². The van der Waals surface area contributed by atoms with E-state index in [-0.39, 0.29) is 5.91 Å². The SMILES string of the molecule is C=C/C(C)=C(\C=C)C(=O)NCCCCN1CCC(c2nc(-c3ccc(Cl)c(Cl)c3)c(-c3ccncc3)[nH]2)CC1. The van der Waals surface area contributed by atoms with Crippen molar-refractivity contribution in [1.29, 1.82) is 0 Å². The summed E-state index contributed by atoms with van der Waals surface area (Å²) < 4.78 is 0. The molecule has 1 aliphatic rings. The van der Waals surface area contributed by atoms with E-state index in [0.717, 1.165) is 79.2 Å². The summed E-state index contributed by atoms with van der Waals surface area (Å²) in [6.45, 7) is 13.0. The molecule has 2 aromatic heterocycles. The van der Waals surface area contributed by atoms with Crippen molar-refractivity contribution in [2.75, 3.05) is 26.2 Å². The third-order valence-electron chi connectivity index (χ3n) is 7.22. The second kappa shape index (κ2) is 13.7. The molecule has 0 unspecified atom stereocenters. The zero-order valence-corrected chi connectivity index (χ0v) is 23.9. The molecule has 1 fully saturated rings. The fourth-order valence-electron chi connectivity index (χ4n) is 4.89. The lowest BCUT2D eigenvalue weighted by molar-refractivity contribution is -0.117. The molecule has 39 heavy (non-hydrogen) atoms. The number of aromatic nitrogens is 3. The number of benzene rings is 1. The molecular weight excluding hydrogens is 529 g/mol. The summed E-state index contributed by atoms with van der Waals surface area (Å²) in [5, 5.41) is 4.03. The van der Waals surface area contributed by atoms with Gasteiger partial charge >= 0.3 is 0 Å². The van der Waals surface area contributed by atoms with Gasteiger partial charge in [-0.25, -0.2) is 4.98 Å². The second-order valence-electron chi connectivity index (χ2n) is 9.79. The van der Waals surface area contributed by atoms with E-state index >= 15 is 0 Å². The maximum atomic E-state index is 12.3. The molecule has 6 nitrogen and oxygen atoms in total. The summed E-state index contributed by atoms with van der Waals surface area (Å²) in [7, 11) is 0. The average Bonchev–Trinajstić information content (AvgIpc) is 3.41. The van der Waals surface area contributed by atoms with Gasteiger partial charge < -0.3 is 15.2 Å². The third-order valence-corrected chi connectivity index (χ3v) is 7.96. The predicted octanol–water partition coefficient (Wildman–Crippen LogP) is 7.21. The summed E-state index contributed by atoms with van der Waals surface area (Å²) in [6, 6.07) is 9.61. The number of carbonyl (C=O) groups excluding carboxylic acids is 1. The molecule has 0 spiro atoms. The standard InChI is InChI=1S/C31H35Cl2N5O/c1-4-21(3)25(5-2)31(39)35-14-6-7-17-38-18-12-23(13-19-38)30-36-28(22-10-15-34-16-11-22)29(37-30)24-8-9-26(32)27(33)20-24/h4-5,8-11,15-16,20,23H,1-2,6-7,12-14,17-19H2,3H3,(H,35,39)(H,36,37)/b25-21+. The third kappa shape index (κ3) is 7.27. The first-order chi connectivity index (χ1) is 18.9. The monoisotopic (exact) mass is 563 g/mol. The van der Waals surface area contributed by atoms with Gasteiger partial charge in [-0.15, -0.1) is 0 Å². The van der Waals surface area contributed by atoms with Crippen LogP contribution in [-0.2, 0) is 4.79 Å². The maximum Gasteiger partial charge on any atom is 0.251 e. The Kier molecular flexibility index (Phi) is 10.2. The van der Waals surface area contributed by atoms with Gasteiger partial charge in [0.1, 0.15) is 5.82 Å². The van der Waals surface area contributed by atoms with Crippen LogP contribution in [0.25, 0.3) is 22.5 Å². The van der Waals surface area contributed by atoms with E-state index in [9.17, 15) is 4.79 Å². The van der Waals surface area contributed by atoms with Crippen LogP contribution in [0.5, 0.6) is 0 Å². The number of pyridine rings is 1. The Hall–Kier alpha value is -3.19. The minimum atomic E-state index is -0.0898. The lowest BCUT2D eigenvalue weighted by atomic mass is 9.96. The quantitative estimate of drug-likeness (QED) is 0.147. The normalized spacial score (nSPS) is 15.1. The summed E-state index contributed by atoms with van der Waals surface area (Å²) in [6.07, 6.45) is 10.9. The molecule has 3 heterocycles. The number of likely N-dealkylation sites (tertiary alicyclic amines) is 1. The Morgan fingerprint density at radius 3 is 2.49 bits per heavy atom. The van der Waals surface area contributed by atoms with Crippen LogP contribution >= 0.6 is 23.2 Å². The maximum absolute atomic E-state index is 12.3. The van der Waals surface area contributed by atoms with Gasteiger partial charge in [-0.3, -0.25) is 9.78 Å². The van der Waals surface area contributed by atoms with Crippen LogP contribution in [0.1, 0.15) is 44.3 Å². The average molecular weight is 565 g/mol. The van der Waals surface area contributed by atoms with E-state index in [4.69, 9.17) is 28.2 Å². The van der Waals surface area contributed by atoms with Crippen LogP contribution in [0.15, 0.2) is 79.2 Å². The fraction of sp³-hybridized carbons (Fsp3) is 0.323. The van der Waals surface area contributed by atoms with Gasteiger partial charge in [-0.1, -0.05) is 54.6 Å². The van der Waals surface area contributed by atoms with Crippen molar-refractivity contribution in [2.24, 2.45) is 0 Å². The van der Waals surface area contributed by atoms with Gasteiger partial charge in [0.05, 0.1) is 21.4 Å². The molecule has 0 bridgehead atoms. The number of halogens is 2. The van der Waals surface area contributed by atoms with E-state index < -0.39 is 0 Å². The number of nitrogens with one attached hydrogen (secondary N) is 2. The van der Waals surface area contributed by atoms with Gasteiger partial charge in [0.25, 0.3) is 5.91 Å². The molecule has 0 radical (unpaired) electrons. The number of aromatic amines is 1. The van der Waals surface area contributed by atoms with Crippen LogP contribution in [0, 0.1) is 0 Å². The van der Waals surface area contributed by atoms with E-state index in [0.29, 0.717) is 28.1 Å². The number of H-pyrrole nitrogens is 1. The summed E-state index contributed by atoms with van der Waals surface area (Å²) in [5.41, 5.74) is 5.21. The molecule has 1 amide bonds. The van der Waals surface area contributed by atoms with Crippen molar-refractivity contribution in [1.82, 2.24) is 25.2 Å². The Morgan fingerprint density at radius 2 is 1.82 bits per heavy atom. The number of unbranched alkanes of at least 4 members (excludes halogenated alkanes) is 1. The molecular formula is C31H35Cl2N5O. The molecule has 1 aliphatic heterocycles. The van der Waals surface area contributed by atoms with Gasteiger partial charge in [-0.05, 0) is 82.1 Å². The van der Waals surface area contributed by atoms with Crippen LogP contribution < -0.4 is 5.32 Å². The Labute approximate surface area is 240 Å². The number of nitrogens with zero attached hydrogens (tertiary/aromatic N) is 3. The lowest BCUT2D eigenvalue weighted by Crippen LogP contribution is -2.34. The van der Waals surface area contributed by atoms with E-state index in [2.05, 4.69) is 33.3 Å². The number of allylic oxidation sites excluding steroid dienone is 2. The number of amides is 1. The Balaban J connectivity index is 1.33. The number of rotatable bonds is 11. The molecule has 0 saturated carbocycles. The molecule has 4 rings (SSSR count). The van der Waals surface area contributed by atoms with E-state index in [1.54, 1.807) is 24.5 Å². The smallest absolute Gasteiger partial charge is 0.251 e. The van der Waals surface area contributed by atoms with Crippen LogP contribution in [0.2, 0.25) is 10.0 Å². The number of carbonyl (C=O) groups is 1. The van der Waals surface area contributed by atoms with E-state index in [1.165, 1.54) is 0 Å². The highest BCUT2D eigenvalue weighted by molar-refractivity contribution is 6.42. The predicted molar refractivity (Wildman–Crippen MR) is 161 cm³/mol. The Bertz CT molecular complexity index is 1340. The number of hydrogen-bond donors (Lipinski definition) is 2. The minimum Gasteiger partial charge on any atom is -0.352 e. The van der Waals surface area contributed by atoms with Crippen molar-refractivity contribution < 1.29 is 4.79 Å². The zero-order chi connectivity index (χ0) is 27.8. The Morgan fingerprint density at radius 1 is 1.08 bits per heavy atom. The molecule has 0 atom stereocenters. The van der Waals surface area contributed by atoms with Crippen LogP contribution in [0.3, 0.4) is 0 Å². The number of piperidine rings is 1. The van der Waals surface area contributed by atoms with Crippen molar-refractivity contribution in [2.45, 2.75) is 38.5 Å². The molecule has 1 saturated heterocycles. The van der Waals surface area contributed by atoms with Crippen molar-refractivity contribution in [3.05, 3.63) is 95.1 Å². The molecule has 204 valence electrons. The number of imidazole rings is 1. The van der Waals surface area contributed by atoms with Crippen LogP contribution in [-0.4, -0.2) is 51.9 Å². The lowest BCUT2D eigenvalue weighted by Gasteiger charge is -2.31. The highest BCUT2D eigenvalue weighted by Gasteiger charge is 2.25. The first-order valence-corrected chi connectivity index (χ1v) is 14.1. The second-order valence-corrected chi connectivity index (χ2v) is 10.6. The van der Waals surface area contributed by atoms with Crippen molar-refractivity contribution in [3.8, 4) is 22.5 Å². The van der Waals surface area contributed by atoms with E-state index in [1.807, 2.05) is 37.3 Å². The molecule has 8 heteroatoms. The van der Waals surface area contributed by atoms with Gasteiger partial charge in [-0.2, -0.15) is 0 Å². The molecule has 2 N–H and O–H groups in total.